The van der Waals surface area contributed by atoms with E-state index in [1.54, 1.807) is 0 Å². The van der Waals surface area contributed by atoms with Crippen LogP contribution in [0.4, 0.5) is 0 Å². The van der Waals surface area contributed by atoms with Crippen molar-refractivity contribution in [1.82, 2.24) is 5.32 Å². The third-order valence-corrected chi connectivity index (χ3v) is 4.74. The van der Waals surface area contributed by atoms with Crippen LogP contribution in [-0.4, -0.2) is 7.05 Å². The third kappa shape index (κ3) is 3.85. The molecule has 1 atom stereocenters. The third-order valence-electron chi connectivity index (χ3n) is 3.40. The molecule has 0 spiro atoms. The zero-order chi connectivity index (χ0) is 14.7. The molecule has 2 aromatic carbocycles. The molecule has 0 bridgehead atoms. The highest BCUT2D eigenvalue weighted by atomic mass is 79.9. The first-order valence-corrected chi connectivity index (χ1v) is 8.35. The number of hydrogen-bond donors (Lipinski definition) is 1. The van der Waals surface area contributed by atoms with Crippen molar-refractivity contribution in [3.05, 3.63) is 67.1 Å². The van der Waals surface area contributed by atoms with Gasteiger partial charge in [-0.15, -0.1) is 0 Å². The molecule has 0 aromatic heterocycles. The number of benzene rings is 2. The molecule has 0 aliphatic heterocycles. The van der Waals surface area contributed by atoms with Gasteiger partial charge in [-0.3, -0.25) is 0 Å². The second-order valence-electron chi connectivity index (χ2n) is 4.78. The summed E-state index contributed by atoms with van der Waals surface area (Å²) in [6, 6.07) is 12.7. The Labute approximate surface area is 142 Å². The van der Waals surface area contributed by atoms with Crippen LogP contribution in [0.3, 0.4) is 0 Å². The Kier molecular flexibility index (Phi) is 5.67. The van der Waals surface area contributed by atoms with Crippen molar-refractivity contribution < 1.29 is 0 Å². The molecule has 1 unspecified atom stereocenters. The molecule has 0 saturated heterocycles. The quantitative estimate of drug-likeness (QED) is 0.675. The maximum atomic E-state index is 6.32. The second-order valence-corrected chi connectivity index (χ2v) is 7.02. The molecule has 0 saturated carbocycles. The SMILES string of the molecule is CNC(Cc1ccc(Br)cc1Cl)c1cc(Br)ccc1C. The van der Waals surface area contributed by atoms with Gasteiger partial charge in [0.2, 0.25) is 0 Å². The van der Waals surface area contributed by atoms with E-state index in [0.29, 0.717) is 0 Å². The Balaban J connectivity index is 2.31. The van der Waals surface area contributed by atoms with E-state index in [0.717, 1.165) is 26.0 Å². The molecule has 2 aromatic rings. The van der Waals surface area contributed by atoms with Gasteiger partial charge in [0.05, 0.1) is 0 Å². The summed E-state index contributed by atoms with van der Waals surface area (Å²) in [6.07, 6.45) is 0.861. The van der Waals surface area contributed by atoms with Crippen molar-refractivity contribution >= 4 is 43.5 Å². The molecule has 0 radical (unpaired) electrons. The first-order valence-electron chi connectivity index (χ1n) is 6.38. The predicted octanol–water partition coefficient (Wildman–Crippen LogP) is 5.68. The first-order chi connectivity index (χ1) is 9.51. The van der Waals surface area contributed by atoms with Crippen LogP contribution in [0.5, 0.6) is 0 Å². The molecule has 0 amide bonds. The number of hydrogen-bond acceptors (Lipinski definition) is 1. The van der Waals surface area contributed by atoms with Gasteiger partial charge in [-0.2, -0.15) is 0 Å². The number of halogens is 3. The van der Waals surface area contributed by atoms with Crippen LogP contribution >= 0.6 is 43.5 Å². The Morgan fingerprint density at radius 2 is 1.75 bits per heavy atom. The summed E-state index contributed by atoms with van der Waals surface area (Å²) in [4.78, 5) is 0. The van der Waals surface area contributed by atoms with E-state index >= 15 is 0 Å². The van der Waals surface area contributed by atoms with Crippen molar-refractivity contribution in [2.75, 3.05) is 7.05 Å². The van der Waals surface area contributed by atoms with Crippen molar-refractivity contribution in [3.63, 3.8) is 0 Å². The molecule has 1 N–H and O–H groups in total. The van der Waals surface area contributed by atoms with Crippen LogP contribution in [0.1, 0.15) is 22.7 Å². The fourth-order valence-corrected chi connectivity index (χ4v) is 3.39. The lowest BCUT2D eigenvalue weighted by molar-refractivity contribution is 0.588. The summed E-state index contributed by atoms with van der Waals surface area (Å²) in [6.45, 7) is 2.13. The highest BCUT2D eigenvalue weighted by Gasteiger charge is 2.14. The highest BCUT2D eigenvalue weighted by molar-refractivity contribution is 9.10. The number of likely N-dealkylation sites (N-methyl/N-ethyl adjacent to an activating group) is 1. The molecule has 2 rings (SSSR count). The monoisotopic (exact) mass is 415 g/mol. The minimum absolute atomic E-state index is 0.242. The summed E-state index contributed by atoms with van der Waals surface area (Å²) in [5.74, 6) is 0. The maximum absolute atomic E-state index is 6.32. The van der Waals surface area contributed by atoms with Crippen molar-refractivity contribution in [1.29, 1.82) is 0 Å². The van der Waals surface area contributed by atoms with Crippen LogP contribution in [-0.2, 0) is 6.42 Å². The normalized spacial score (nSPS) is 12.4. The van der Waals surface area contributed by atoms with Gasteiger partial charge in [-0.25, -0.2) is 0 Å². The lowest BCUT2D eigenvalue weighted by atomic mass is 9.95. The highest BCUT2D eigenvalue weighted by Crippen LogP contribution is 2.29. The summed E-state index contributed by atoms with van der Waals surface area (Å²) in [5.41, 5.74) is 3.72. The van der Waals surface area contributed by atoms with E-state index in [1.807, 2.05) is 19.2 Å². The Morgan fingerprint density at radius 1 is 1.10 bits per heavy atom. The molecule has 106 valence electrons. The van der Waals surface area contributed by atoms with Gasteiger partial charge in [-0.1, -0.05) is 55.6 Å². The summed E-state index contributed by atoms with van der Waals surface area (Å²) >= 11 is 13.3. The van der Waals surface area contributed by atoms with Gasteiger partial charge in [0.25, 0.3) is 0 Å². The first kappa shape index (κ1) is 16.0. The van der Waals surface area contributed by atoms with Gasteiger partial charge in [0.1, 0.15) is 0 Å². The topological polar surface area (TPSA) is 12.0 Å². The van der Waals surface area contributed by atoms with Gasteiger partial charge in [0.15, 0.2) is 0 Å². The zero-order valence-electron chi connectivity index (χ0n) is 11.4. The summed E-state index contributed by atoms with van der Waals surface area (Å²) < 4.78 is 2.10. The van der Waals surface area contributed by atoms with E-state index in [4.69, 9.17) is 11.6 Å². The van der Waals surface area contributed by atoms with Gasteiger partial charge in [0, 0.05) is 20.0 Å². The smallest absolute Gasteiger partial charge is 0.0449 e. The van der Waals surface area contributed by atoms with Crippen molar-refractivity contribution in [3.8, 4) is 0 Å². The van der Waals surface area contributed by atoms with Crippen LogP contribution in [0, 0.1) is 6.92 Å². The summed E-state index contributed by atoms with van der Waals surface area (Å²) in [7, 11) is 1.98. The number of rotatable bonds is 4. The van der Waals surface area contributed by atoms with E-state index < -0.39 is 0 Å². The van der Waals surface area contributed by atoms with Gasteiger partial charge < -0.3 is 5.32 Å². The van der Waals surface area contributed by atoms with E-state index in [-0.39, 0.29) is 6.04 Å². The lowest BCUT2D eigenvalue weighted by Gasteiger charge is -2.20. The van der Waals surface area contributed by atoms with Crippen molar-refractivity contribution in [2.24, 2.45) is 0 Å². The molecule has 20 heavy (non-hydrogen) atoms. The summed E-state index contributed by atoms with van der Waals surface area (Å²) in [5, 5.41) is 4.18. The number of nitrogens with one attached hydrogen (secondary N) is 1. The molecule has 0 fully saturated rings. The molecule has 1 nitrogen and oxygen atoms in total. The van der Waals surface area contributed by atoms with Crippen molar-refractivity contribution in [2.45, 2.75) is 19.4 Å². The Bertz CT molecular complexity index is 613. The molecule has 0 aliphatic rings. The molecular weight excluding hydrogens is 401 g/mol. The fourth-order valence-electron chi connectivity index (χ4n) is 2.26. The molecule has 4 heteroatoms. The minimum Gasteiger partial charge on any atom is -0.313 e. The van der Waals surface area contributed by atoms with Crippen LogP contribution < -0.4 is 5.32 Å². The average molecular weight is 418 g/mol. The fraction of sp³-hybridized carbons (Fsp3) is 0.250. The molecular formula is C16H16Br2ClN. The van der Waals surface area contributed by atoms with Gasteiger partial charge in [-0.05, 0) is 61.3 Å². The Hall–Kier alpha value is -0.350. The average Bonchev–Trinajstić information content (AvgIpc) is 2.41. The van der Waals surface area contributed by atoms with E-state index in [9.17, 15) is 0 Å². The predicted molar refractivity (Wildman–Crippen MR) is 93.5 cm³/mol. The number of aryl methyl sites for hydroxylation is 1. The largest absolute Gasteiger partial charge is 0.313 e. The van der Waals surface area contributed by atoms with Gasteiger partial charge >= 0.3 is 0 Å². The lowest BCUT2D eigenvalue weighted by Crippen LogP contribution is -2.20. The second kappa shape index (κ2) is 7.08. The van der Waals surface area contributed by atoms with E-state index in [2.05, 4.69) is 68.4 Å². The Morgan fingerprint density at radius 3 is 2.40 bits per heavy atom. The standard InChI is InChI=1S/C16H16Br2ClN/c1-10-3-5-12(17)8-14(10)16(20-2)7-11-4-6-13(18)9-15(11)19/h3-6,8-9,16,20H,7H2,1-2H3. The van der Waals surface area contributed by atoms with Crippen LogP contribution in [0.25, 0.3) is 0 Å². The van der Waals surface area contributed by atoms with E-state index in [1.165, 1.54) is 11.1 Å². The maximum Gasteiger partial charge on any atom is 0.0449 e. The minimum atomic E-state index is 0.242. The molecule has 0 heterocycles. The molecule has 0 aliphatic carbocycles. The van der Waals surface area contributed by atoms with Crippen LogP contribution in [0.2, 0.25) is 5.02 Å². The van der Waals surface area contributed by atoms with Crippen LogP contribution in [0.15, 0.2) is 45.3 Å². The zero-order valence-corrected chi connectivity index (χ0v) is 15.3.